The highest BCUT2D eigenvalue weighted by Gasteiger charge is 2.35. The molecule has 0 unspecified atom stereocenters. The van der Waals surface area contributed by atoms with E-state index in [2.05, 4.69) is 5.32 Å². The van der Waals surface area contributed by atoms with Gasteiger partial charge in [0, 0.05) is 23.1 Å². The van der Waals surface area contributed by atoms with E-state index in [-0.39, 0.29) is 29.6 Å². The largest absolute Gasteiger partial charge is 0.492 e. The van der Waals surface area contributed by atoms with E-state index in [0.29, 0.717) is 34.3 Å². The van der Waals surface area contributed by atoms with E-state index in [1.54, 1.807) is 62.4 Å². The van der Waals surface area contributed by atoms with Crippen LogP contribution in [0.5, 0.6) is 5.75 Å². The quantitative estimate of drug-likeness (QED) is 0.242. The van der Waals surface area contributed by atoms with Crippen LogP contribution in [0.2, 0.25) is 10.0 Å². The highest BCUT2D eigenvalue weighted by atomic mass is 35.5. The Morgan fingerprint density at radius 1 is 0.927 bits per heavy atom. The first-order valence-corrected chi connectivity index (χ1v) is 15.6. The van der Waals surface area contributed by atoms with Crippen LogP contribution >= 0.6 is 23.2 Å². The van der Waals surface area contributed by atoms with Gasteiger partial charge < -0.3 is 15.0 Å². The van der Waals surface area contributed by atoms with Crippen molar-refractivity contribution in [2.45, 2.75) is 51.1 Å². The zero-order valence-corrected chi connectivity index (χ0v) is 25.7. The summed E-state index contributed by atoms with van der Waals surface area (Å²) in [6, 6.07) is 18.5. The second-order valence-corrected chi connectivity index (χ2v) is 11.9. The van der Waals surface area contributed by atoms with Crippen LogP contribution < -0.4 is 14.4 Å². The molecule has 0 fully saturated rings. The van der Waals surface area contributed by atoms with Gasteiger partial charge in [-0.15, -0.1) is 0 Å². The smallest absolute Gasteiger partial charge is 0.264 e. The molecule has 0 saturated carbocycles. The van der Waals surface area contributed by atoms with Crippen LogP contribution in [0.25, 0.3) is 0 Å². The Balaban J connectivity index is 2.11. The molecular weight excluding hydrogens is 585 g/mol. The molecule has 8 nitrogen and oxygen atoms in total. The Morgan fingerprint density at radius 2 is 1.59 bits per heavy atom. The molecule has 0 spiro atoms. The lowest BCUT2D eigenvalue weighted by molar-refractivity contribution is -0.140. The number of benzene rings is 3. The lowest BCUT2D eigenvalue weighted by atomic mass is 10.1. The third-order valence-corrected chi connectivity index (χ3v) is 8.74. The number of para-hydroxylation sites is 2. The predicted octanol–water partition coefficient (Wildman–Crippen LogP) is 5.92. The van der Waals surface area contributed by atoms with Crippen LogP contribution in [0.4, 0.5) is 5.69 Å². The predicted molar refractivity (Wildman–Crippen MR) is 163 cm³/mol. The molecular formula is C30H35Cl2N3O5S. The van der Waals surface area contributed by atoms with Crippen LogP contribution in [-0.4, -0.2) is 50.9 Å². The van der Waals surface area contributed by atoms with Gasteiger partial charge in [0.1, 0.15) is 18.3 Å². The lowest BCUT2D eigenvalue weighted by Gasteiger charge is -2.33. The summed E-state index contributed by atoms with van der Waals surface area (Å²) in [5, 5.41) is 3.66. The number of hydrogen-bond donors (Lipinski definition) is 1. The summed E-state index contributed by atoms with van der Waals surface area (Å²) in [7, 11) is -4.27. The second-order valence-electron chi connectivity index (χ2n) is 9.19. The molecule has 3 aromatic rings. The average molecular weight is 621 g/mol. The minimum Gasteiger partial charge on any atom is -0.492 e. The van der Waals surface area contributed by atoms with E-state index in [1.807, 2.05) is 6.92 Å². The third kappa shape index (κ3) is 8.15. The number of rotatable bonds is 14. The molecule has 220 valence electrons. The highest BCUT2D eigenvalue weighted by Crippen LogP contribution is 2.33. The van der Waals surface area contributed by atoms with Gasteiger partial charge in [0.05, 0.1) is 17.2 Å². The highest BCUT2D eigenvalue weighted by molar-refractivity contribution is 7.92. The van der Waals surface area contributed by atoms with Crippen molar-refractivity contribution in [3.63, 3.8) is 0 Å². The van der Waals surface area contributed by atoms with Crippen molar-refractivity contribution >= 4 is 50.7 Å². The molecule has 2 amide bonds. The molecule has 0 saturated heterocycles. The molecule has 0 heterocycles. The second kappa shape index (κ2) is 15.1. The fourth-order valence-corrected chi connectivity index (χ4v) is 6.03. The van der Waals surface area contributed by atoms with Crippen LogP contribution in [0.15, 0.2) is 77.7 Å². The summed E-state index contributed by atoms with van der Waals surface area (Å²) in [4.78, 5) is 28.7. The van der Waals surface area contributed by atoms with E-state index in [9.17, 15) is 18.0 Å². The molecule has 0 aromatic heterocycles. The molecule has 11 heteroatoms. The Labute approximate surface area is 252 Å². The van der Waals surface area contributed by atoms with Crippen molar-refractivity contribution in [1.82, 2.24) is 10.2 Å². The molecule has 3 rings (SSSR count). The van der Waals surface area contributed by atoms with Crippen molar-refractivity contribution in [2.24, 2.45) is 0 Å². The van der Waals surface area contributed by atoms with Crippen LogP contribution in [0, 0.1) is 0 Å². The van der Waals surface area contributed by atoms with Crippen molar-refractivity contribution in [3.05, 3.63) is 88.4 Å². The SMILES string of the molecule is CCCNC(=O)[C@H](CC)N(Cc1ccccc1Cl)C(=O)CN(c1ccccc1OCC)S(=O)(=O)c1ccc(Cl)cc1. The maximum Gasteiger partial charge on any atom is 0.264 e. The van der Waals surface area contributed by atoms with Crippen molar-refractivity contribution in [2.75, 3.05) is 24.0 Å². The van der Waals surface area contributed by atoms with Crippen molar-refractivity contribution < 1.29 is 22.7 Å². The van der Waals surface area contributed by atoms with Crippen LogP contribution in [0.3, 0.4) is 0 Å². The topological polar surface area (TPSA) is 96.0 Å². The normalized spacial score (nSPS) is 11.9. The maximum absolute atomic E-state index is 14.2. The number of nitrogens with zero attached hydrogens (tertiary/aromatic N) is 2. The number of nitrogens with one attached hydrogen (secondary N) is 1. The van der Waals surface area contributed by atoms with Gasteiger partial charge in [-0.25, -0.2) is 8.42 Å². The van der Waals surface area contributed by atoms with E-state index in [1.165, 1.54) is 29.2 Å². The fraction of sp³-hybridized carbons (Fsp3) is 0.333. The van der Waals surface area contributed by atoms with Gasteiger partial charge >= 0.3 is 0 Å². The summed E-state index contributed by atoms with van der Waals surface area (Å²) in [5.74, 6) is -0.602. The number of hydrogen-bond acceptors (Lipinski definition) is 5. The van der Waals surface area contributed by atoms with Gasteiger partial charge in [-0.05, 0) is 67.8 Å². The molecule has 3 aromatic carbocycles. The van der Waals surface area contributed by atoms with Crippen molar-refractivity contribution in [1.29, 1.82) is 0 Å². The standard InChI is InChI=1S/C30H35Cl2N3O5S/c1-4-19-33-30(37)26(5-2)34(20-22-11-7-8-12-25(22)32)29(36)21-35(27-13-9-10-14-28(27)40-6-3)41(38,39)24-17-15-23(31)16-18-24/h7-18,26H,4-6,19-21H2,1-3H3,(H,33,37)/t26-/m0/s1. The minimum atomic E-state index is -4.27. The lowest BCUT2D eigenvalue weighted by Crippen LogP contribution is -2.52. The average Bonchev–Trinajstić information content (AvgIpc) is 2.96. The summed E-state index contributed by atoms with van der Waals surface area (Å²) >= 11 is 12.5. The summed E-state index contributed by atoms with van der Waals surface area (Å²) in [6.07, 6.45) is 1.03. The monoisotopic (exact) mass is 619 g/mol. The number of carbonyl (C=O) groups excluding carboxylic acids is 2. The molecule has 0 radical (unpaired) electrons. The first-order valence-electron chi connectivity index (χ1n) is 13.4. The number of halogens is 2. The summed E-state index contributed by atoms with van der Waals surface area (Å²) in [6.45, 7) is 5.68. The number of anilines is 1. The van der Waals surface area contributed by atoms with Crippen LogP contribution in [-0.2, 0) is 26.2 Å². The first-order chi connectivity index (χ1) is 19.6. The maximum atomic E-state index is 14.2. The molecule has 1 N–H and O–H groups in total. The van der Waals surface area contributed by atoms with Crippen molar-refractivity contribution in [3.8, 4) is 5.75 Å². The Hall–Kier alpha value is -3.27. The van der Waals surface area contributed by atoms with E-state index in [0.717, 1.165) is 10.7 Å². The molecule has 0 aliphatic heterocycles. The first kappa shape index (κ1) is 32.2. The van der Waals surface area contributed by atoms with Crippen LogP contribution in [0.1, 0.15) is 39.2 Å². The van der Waals surface area contributed by atoms with Gasteiger partial charge in [0.15, 0.2) is 0 Å². The Morgan fingerprint density at radius 3 is 2.22 bits per heavy atom. The molecule has 41 heavy (non-hydrogen) atoms. The van der Waals surface area contributed by atoms with Gasteiger partial charge in [-0.1, -0.05) is 67.4 Å². The summed E-state index contributed by atoms with van der Waals surface area (Å²) in [5.41, 5.74) is 0.824. The van der Waals surface area contributed by atoms with Gasteiger partial charge in [0.2, 0.25) is 11.8 Å². The van der Waals surface area contributed by atoms with Gasteiger partial charge in [-0.2, -0.15) is 0 Å². The number of carbonyl (C=O) groups is 2. The zero-order valence-electron chi connectivity index (χ0n) is 23.3. The molecule has 0 bridgehead atoms. The van der Waals surface area contributed by atoms with E-state index >= 15 is 0 Å². The van der Waals surface area contributed by atoms with Gasteiger partial charge in [0.25, 0.3) is 10.0 Å². The number of ether oxygens (including phenoxy) is 1. The number of sulfonamides is 1. The van der Waals surface area contributed by atoms with Gasteiger partial charge in [-0.3, -0.25) is 13.9 Å². The molecule has 1 atom stereocenters. The molecule has 0 aliphatic rings. The minimum absolute atomic E-state index is 0.0124. The zero-order chi connectivity index (χ0) is 30.0. The summed E-state index contributed by atoms with van der Waals surface area (Å²) < 4.78 is 34.8. The number of amides is 2. The fourth-order valence-electron chi connectivity index (χ4n) is 4.28. The van der Waals surface area contributed by atoms with E-state index < -0.39 is 28.5 Å². The Bertz CT molecular complexity index is 1430. The Kier molecular flexibility index (Phi) is 11.9. The third-order valence-electron chi connectivity index (χ3n) is 6.35. The van der Waals surface area contributed by atoms with E-state index in [4.69, 9.17) is 27.9 Å². The molecule has 0 aliphatic carbocycles.